The van der Waals surface area contributed by atoms with E-state index in [2.05, 4.69) is 26.2 Å². The summed E-state index contributed by atoms with van der Waals surface area (Å²) in [4.78, 5) is 28.3. The van der Waals surface area contributed by atoms with Crippen molar-refractivity contribution in [1.29, 1.82) is 0 Å². The zero-order valence-corrected chi connectivity index (χ0v) is 16.9. The van der Waals surface area contributed by atoms with E-state index in [-0.39, 0.29) is 35.9 Å². The summed E-state index contributed by atoms with van der Waals surface area (Å²) in [5.41, 5.74) is 1.30. The lowest BCUT2D eigenvalue weighted by molar-refractivity contribution is -0.146. The highest BCUT2D eigenvalue weighted by atomic mass is 79.9. The van der Waals surface area contributed by atoms with Crippen LogP contribution in [0.15, 0.2) is 53.1 Å². The van der Waals surface area contributed by atoms with Gasteiger partial charge in [-0.25, -0.2) is 4.39 Å². The Bertz CT molecular complexity index is 1020. The minimum absolute atomic E-state index is 0.0752. The number of fused-ring (bicyclic) bond motifs is 1. The van der Waals surface area contributed by atoms with Crippen LogP contribution < -0.4 is 5.32 Å². The van der Waals surface area contributed by atoms with Gasteiger partial charge in [0.05, 0.1) is 22.6 Å². The predicted molar refractivity (Wildman–Crippen MR) is 109 cm³/mol. The van der Waals surface area contributed by atoms with Crippen LogP contribution in [0.1, 0.15) is 18.4 Å². The first-order chi connectivity index (χ1) is 13.5. The molecule has 0 aliphatic rings. The van der Waals surface area contributed by atoms with E-state index in [1.54, 1.807) is 18.3 Å². The highest BCUT2D eigenvalue weighted by Gasteiger charge is 2.13. The van der Waals surface area contributed by atoms with E-state index in [1.165, 1.54) is 18.2 Å². The molecule has 2 aromatic carbocycles. The molecule has 8 heteroatoms. The normalized spacial score (nSPS) is 10.7. The van der Waals surface area contributed by atoms with Crippen molar-refractivity contribution in [3.63, 3.8) is 0 Å². The second-order valence-electron chi connectivity index (χ2n) is 5.90. The van der Waals surface area contributed by atoms with Gasteiger partial charge >= 0.3 is 5.97 Å². The van der Waals surface area contributed by atoms with E-state index < -0.39 is 11.8 Å². The molecule has 0 unspecified atom stereocenters. The molecule has 0 aliphatic carbocycles. The number of aromatic nitrogens is 1. The Morgan fingerprint density at radius 2 is 1.96 bits per heavy atom. The van der Waals surface area contributed by atoms with Crippen LogP contribution in [0.3, 0.4) is 0 Å². The third-order valence-corrected chi connectivity index (χ3v) is 5.03. The van der Waals surface area contributed by atoms with Gasteiger partial charge in [-0.15, -0.1) is 0 Å². The minimum atomic E-state index is -0.617. The summed E-state index contributed by atoms with van der Waals surface area (Å²) in [7, 11) is 0. The maximum atomic E-state index is 13.7. The van der Waals surface area contributed by atoms with Crippen molar-refractivity contribution in [1.82, 2.24) is 4.98 Å². The number of pyridine rings is 1. The predicted octanol–water partition coefficient (Wildman–Crippen LogP) is 5.25. The topological polar surface area (TPSA) is 68.3 Å². The maximum Gasteiger partial charge on any atom is 0.306 e. The Hall–Kier alpha value is -2.51. The number of anilines is 1. The first kappa shape index (κ1) is 20.2. The molecule has 0 aliphatic heterocycles. The average molecular weight is 466 g/mol. The summed E-state index contributed by atoms with van der Waals surface area (Å²) >= 11 is 9.33. The number of carbonyl (C=O) groups is 2. The van der Waals surface area contributed by atoms with Crippen molar-refractivity contribution in [3.05, 3.63) is 69.5 Å². The summed E-state index contributed by atoms with van der Waals surface area (Å²) in [6, 6.07) is 11.4. The van der Waals surface area contributed by atoms with Crippen LogP contribution in [0, 0.1) is 5.82 Å². The van der Waals surface area contributed by atoms with E-state index in [4.69, 9.17) is 16.3 Å². The first-order valence-corrected chi connectivity index (χ1v) is 9.54. The van der Waals surface area contributed by atoms with Gasteiger partial charge in [0.2, 0.25) is 5.91 Å². The first-order valence-electron chi connectivity index (χ1n) is 8.37. The lowest BCUT2D eigenvalue weighted by atomic mass is 10.2. The Kier molecular flexibility index (Phi) is 6.59. The highest BCUT2D eigenvalue weighted by Crippen LogP contribution is 2.28. The van der Waals surface area contributed by atoms with Crippen LogP contribution in [0.5, 0.6) is 0 Å². The van der Waals surface area contributed by atoms with Crippen molar-refractivity contribution in [2.24, 2.45) is 0 Å². The van der Waals surface area contributed by atoms with Crippen molar-refractivity contribution >= 4 is 56.0 Å². The van der Waals surface area contributed by atoms with Crippen LogP contribution in [-0.2, 0) is 20.9 Å². The Morgan fingerprint density at radius 1 is 1.14 bits per heavy atom. The monoisotopic (exact) mass is 464 g/mol. The van der Waals surface area contributed by atoms with Gasteiger partial charge < -0.3 is 10.1 Å². The van der Waals surface area contributed by atoms with Gasteiger partial charge in [-0.2, -0.15) is 0 Å². The van der Waals surface area contributed by atoms with Crippen molar-refractivity contribution in [2.75, 3.05) is 5.32 Å². The minimum Gasteiger partial charge on any atom is -0.461 e. The number of carbonyl (C=O) groups excluding carboxylic acids is 2. The molecule has 0 saturated carbocycles. The number of benzene rings is 2. The number of amides is 1. The molecule has 0 fully saturated rings. The van der Waals surface area contributed by atoms with E-state index in [9.17, 15) is 14.0 Å². The fourth-order valence-electron chi connectivity index (χ4n) is 2.56. The molecule has 1 N–H and O–H groups in total. The van der Waals surface area contributed by atoms with Gasteiger partial charge in [0.15, 0.2) is 0 Å². The third kappa shape index (κ3) is 4.85. The van der Waals surface area contributed by atoms with E-state index >= 15 is 0 Å². The second-order valence-corrected chi connectivity index (χ2v) is 7.17. The van der Waals surface area contributed by atoms with Crippen LogP contribution in [0.2, 0.25) is 5.02 Å². The second kappa shape index (κ2) is 9.12. The maximum absolute atomic E-state index is 13.7. The van der Waals surface area contributed by atoms with E-state index in [1.807, 2.05) is 12.1 Å². The van der Waals surface area contributed by atoms with E-state index in [0.29, 0.717) is 11.2 Å². The van der Waals surface area contributed by atoms with E-state index in [0.717, 1.165) is 9.86 Å². The summed E-state index contributed by atoms with van der Waals surface area (Å²) in [6.07, 6.45) is 1.42. The lowest BCUT2D eigenvalue weighted by Crippen LogP contribution is -2.15. The average Bonchev–Trinajstić information content (AvgIpc) is 2.68. The van der Waals surface area contributed by atoms with Crippen LogP contribution >= 0.6 is 27.5 Å². The molecule has 0 spiro atoms. The molecule has 0 bridgehead atoms. The summed E-state index contributed by atoms with van der Waals surface area (Å²) in [5.74, 6) is -1.52. The summed E-state index contributed by atoms with van der Waals surface area (Å²) in [5, 5.41) is 3.79. The molecule has 0 radical (unpaired) electrons. The largest absolute Gasteiger partial charge is 0.461 e. The van der Waals surface area contributed by atoms with Gasteiger partial charge in [-0.3, -0.25) is 14.6 Å². The molecule has 1 heterocycles. The molecule has 144 valence electrons. The van der Waals surface area contributed by atoms with Gasteiger partial charge in [0.25, 0.3) is 0 Å². The zero-order valence-electron chi connectivity index (χ0n) is 14.5. The van der Waals surface area contributed by atoms with Crippen molar-refractivity contribution in [3.8, 4) is 0 Å². The molecule has 28 heavy (non-hydrogen) atoms. The zero-order chi connectivity index (χ0) is 20.1. The van der Waals surface area contributed by atoms with Gasteiger partial charge in [-0.1, -0.05) is 39.7 Å². The SMILES string of the molecule is O=C(CCC(=O)OCc1c(F)cccc1Cl)Nc1ccc(Br)c2cccnc12. The third-order valence-electron chi connectivity index (χ3n) is 3.99. The fourth-order valence-corrected chi connectivity index (χ4v) is 3.23. The van der Waals surface area contributed by atoms with Crippen LogP contribution in [0.25, 0.3) is 10.9 Å². The lowest BCUT2D eigenvalue weighted by Gasteiger charge is -2.10. The molecule has 1 amide bonds. The molecule has 3 rings (SSSR count). The number of esters is 1. The number of hydrogen-bond donors (Lipinski definition) is 1. The Morgan fingerprint density at radius 3 is 2.75 bits per heavy atom. The molecule has 0 atom stereocenters. The van der Waals surface area contributed by atoms with Gasteiger partial charge in [0, 0.05) is 28.0 Å². The molecular formula is C20H15BrClFN2O3. The quantitative estimate of drug-likeness (QED) is 0.505. The number of nitrogens with zero attached hydrogens (tertiary/aromatic N) is 1. The standard InChI is InChI=1S/C20H15BrClFN2O3/c21-14-6-7-17(20-12(14)3-2-10-24-20)25-18(26)8-9-19(27)28-11-13-15(22)4-1-5-16(13)23/h1-7,10H,8-9,11H2,(H,25,26). The fraction of sp³-hybridized carbons (Fsp3) is 0.150. The van der Waals surface area contributed by atoms with Gasteiger partial charge in [-0.05, 0) is 30.3 Å². The van der Waals surface area contributed by atoms with Crippen molar-refractivity contribution in [2.45, 2.75) is 19.4 Å². The molecule has 0 saturated heterocycles. The molecule has 1 aromatic heterocycles. The van der Waals surface area contributed by atoms with Crippen LogP contribution in [0.4, 0.5) is 10.1 Å². The number of ether oxygens (including phenoxy) is 1. The highest BCUT2D eigenvalue weighted by molar-refractivity contribution is 9.10. The number of rotatable bonds is 6. The Balaban J connectivity index is 1.55. The van der Waals surface area contributed by atoms with Gasteiger partial charge in [0.1, 0.15) is 12.4 Å². The van der Waals surface area contributed by atoms with Crippen LogP contribution in [-0.4, -0.2) is 16.9 Å². The molecule has 3 aromatic rings. The summed E-state index contributed by atoms with van der Waals surface area (Å²) in [6.45, 7) is -0.284. The number of nitrogens with one attached hydrogen (secondary N) is 1. The van der Waals surface area contributed by atoms with Crippen molar-refractivity contribution < 1.29 is 18.7 Å². The smallest absolute Gasteiger partial charge is 0.306 e. The molecular weight excluding hydrogens is 451 g/mol. The summed E-state index contributed by atoms with van der Waals surface area (Å²) < 4.78 is 19.5. The Labute approximate surface area is 174 Å². The number of halogens is 3. The number of hydrogen-bond acceptors (Lipinski definition) is 4. The molecule has 5 nitrogen and oxygen atoms in total.